The van der Waals surface area contributed by atoms with Crippen LogP contribution >= 0.6 is 15.9 Å². The molecular weight excluding hydrogens is 340 g/mol. The molecule has 0 heterocycles. The van der Waals surface area contributed by atoms with Crippen LogP contribution in [0, 0.1) is 6.92 Å². The molecule has 0 unspecified atom stereocenters. The quantitative estimate of drug-likeness (QED) is 0.408. The van der Waals surface area contributed by atoms with Gasteiger partial charge in [-0.1, -0.05) is 40.5 Å². The van der Waals surface area contributed by atoms with Crippen molar-refractivity contribution >= 4 is 26.7 Å². The van der Waals surface area contributed by atoms with Gasteiger partial charge in [0.25, 0.3) is 0 Å². The second-order valence-electron chi connectivity index (χ2n) is 5.56. The van der Waals surface area contributed by atoms with Crippen LogP contribution in [-0.4, -0.2) is 18.5 Å². The van der Waals surface area contributed by atoms with Crippen molar-refractivity contribution < 1.29 is 9.47 Å². The van der Waals surface area contributed by atoms with E-state index >= 15 is 0 Å². The highest BCUT2D eigenvalue weighted by molar-refractivity contribution is 9.09. The highest BCUT2D eigenvalue weighted by Crippen LogP contribution is 2.34. The number of hydrogen-bond acceptors (Lipinski definition) is 2. The molecule has 0 fully saturated rings. The van der Waals surface area contributed by atoms with E-state index in [0.717, 1.165) is 53.7 Å². The van der Waals surface area contributed by atoms with Gasteiger partial charge in [-0.25, -0.2) is 0 Å². The molecule has 0 saturated heterocycles. The first-order valence-electron chi connectivity index (χ1n) is 8.11. The van der Waals surface area contributed by atoms with Gasteiger partial charge in [0.15, 0.2) is 0 Å². The Hall–Kier alpha value is -1.22. The first-order valence-corrected chi connectivity index (χ1v) is 9.23. The van der Waals surface area contributed by atoms with Crippen LogP contribution in [0.3, 0.4) is 0 Å². The zero-order valence-corrected chi connectivity index (χ0v) is 15.1. The summed E-state index contributed by atoms with van der Waals surface area (Å²) in [5.41, 5.74) is 1.24. The van der Waals surface area contributed by atoms with Gasteiger partial charge in [0.2, 0.25) is 0 Å². The molecule has 0 atom stereocenters. The zero-order chi connectivity index (χ0) is 15.8. The van der Waals surface area contributed by atoms with Crippen molar-refractivity contribution in [2.24, 2.45) is 0 Å². The lowest BCUT2D eigenvalue weighted by Gasteiger charge is -2.14. The lowest BCUT2D eigenvalue weighted by Crippen LogP contribution is -2.00. The fraction of sp³-hybridized carbons (Fsp3) is 0.474. The van der Waals surface area contributed by atoms with Crippen molar-refractivity contribution in [2.45, 2.75) is 39.5 Å². The molecule has 0 saturated carbocycles. The Morgan fingerprint density at radius 3 is 2.32 bits per heavy atom. The largest absolute Gasteiger partial charge is 0.493 e. The standard InChI is InChI=1S/C19H25BrO2/c1-3-12-21-18-9-10-19(22-13-6-4-5-11-20)17-14-15(2)7-8-16(17)18/h7-10,14H,3-6,11-13H2,1-2H3. The Morgan fingerprint density at radius 2 is 1.59 bits per heavy atom. The molecule has 3 heteroatoms. The van der Waals surface area contributed by atoms with Crippen molar-refractivity contribution in [2.75, 3.05) is 18.5 Å². The van der Waals surface area contributed by atoms with Crippen molar-refractivity contribution in [3.8, 4) is 11.5 Å². The van der Waals surface area contributed by atoms with E-state index in [1.165, 1.54) is 18.4 Å². The van der Waals surface area contributed by atoms with E-state index in [0.29, 0.717) is 0 Å². The Kier molecular flexibility index (Phi) is 7.04. The van der Waals surface area contributed by atoms with Crippen LogP contribution in [0.25, 0.3) is 10.8 Å². The third-order valence-corrected chi connectivity index (χ3v) is 4.15. The Bertz CT molecular complexity index is 595. The van der Waals surface area contributed by atoms with Gasteiger partial charge in [-0.3, -0.25) is 0 Å². The first kappa shape index (κ1) is 17.1. The molecule has 120 valence electrons. The van der Waals surface area contributed by atoms with Gasteiger partial charge in [0, 0.05) is 16.1 Å². The van der Waals surface area contributed by atoms with Crippen molar-refractivity contribution in [1.29, 1.82) is 0 Å². The maximum atomic E-state index is 6.01. The highest BCUT2D eigenvalue weighted by Gasteiger charge is 2.08. The van der Waals surface area contributed by atoms with Crippen molar-refractivity contribution in [3.63, 3.8) is 0 Å². The predicted octanol–water partition coefficient (Wildman–Crippen LogP) is 5.88. The van der Waals surface area contributed by atoms with Gasteiger partial charge in [-0.15, -0.1) is 0 Å². The summed E-state index contributed by atoms with van der Waals surface area (Å²) in [5, 5.41) is 3.35. The summed E-state index contributed by atoms with van der Waals surface area (Å²) >= 11 is 3.46. The fourth-order valence-corrected chi connectivity index (χ4v) is 2.82. The number of unbranched alkanes of at least 4 members (excludes halogenated alkanes) is 2. The van der Waals surface area contributed by atoms with E-state index in [2.05, 4.69) is 48.0 Å². The lowest BCUT2D eigenvalue weighted by atomic mass is 10.1. The van der Waals surface area contributed by atoms with Crippen LogP contribution in [0.4, 0.5) is 0 Å². The van der Waals surface area contributed by atoms with Crippen LogP contribution in [-0.2, 0) is 0 Å². The van der Waals surface area contributed by atoms with E-state index in [9.17, 15) is 0 Å². The molecule has 0 aliphatic carbocycles. The maximum Gasteiger partial charge on any atom is 0.127 e. The monoisotopic (exact) mass is 364 g/mol. The van der Waals surface area contributed by atoms with E-state index in [4.69, 9.17) is 9.47 Å². The number of fused-ring (bicyclic) bond motifs is 1. The second kappa shape index (κ2) is 9.04. The van der Waals surface area contributed by atoms with Gasteiger partial charge in [0.1, 0.15) is 11.5 Å². The highest BCUT2D eigenvalue weighted by atomic mass is 79.9. The van der Waals surface area contributed by atoms with Crippen LogP contribution < -0.4 is 9.47 Å². The Labute approximate surface area is 141 Å². The van der Waals surface area contributed by atoms with Gasteiger partial charge in [-0.2, -0.15) is 0 Å². The minimum Gasteiger partial charge on any atom is -0.493 e. The minimum absolute atomic E-state index is 0.746. The molecule has 2 nitrogen and oxygen atoms in total. The molecular formula is C19H25BrO2. The van der Waals surface area contributed by atoms with E-state index in [1.807, 2.05) is 12.1 Å². The topological polar surface area (TPSA) is 18.5 Å². The summed E-state index contributed by atoms with van der Waals surface area (Å²) < 4.78 is 11.9. The summed E-state index contributed by atoms with van der Waals surface area (Å²) in [5.74, 6) is 1.91. The third kappa shape index (κ3) is 4.64. The van der Waals surface area contributed by atoms with Crippen molar-refractivity contribution in [3.05, 3.63) is 35.9 Å². The van der Waals surface area contributed by atoms with E-state index < -0.39 is 0 Å². The van der Waals surface area contributed by atoms with Gasteiger partial charge in [-0.05, 0) is 50.8 Å². The van der Waals surface area contributed by atoms with Crippen LogP contribution in [0.5, 0.6) is 11.5 Å². The summed E-state index contributed by atoms with van der Waals surface area (Å²) in [6.45, 7) is 5.75. The fourth-order valence-electron chi connectivity index (χ4n) is 2.43. The number of aryl methyl sites for hydroxylation is 1. The average molecular weight is 365 g/mol. The SMILES string of the molecule is CCCOc1ccc(OCCCCCBr)c2cc(C)ccc12. The molecule has 0 spiro atoms. The third-order valence-electron chi connectivity index (χ3n) is 3.59. The Balaban J connectivity index is 2.17. The molecule has 0 amide bonds. The molecule has 2 rings (SSSR count). The number of rotatable bonds is 9. The maximum absolute atomic E-state index is 6.01. The second-order valence-corrected chi connectivity index (χ2v) is 6.35. The van der Waals surface area contributed by atoms with Crippen LogP contribution in [0.15, 0.2) is 30.3 Å². The zero-order valence-electron chi connectivity index (χ0n) is 13.5. The molecule has 0 aliphatic rings. The lowest BCUT2D eigenvalue weighted by molar-refractivity contribution is 0.307. The summed E-state index contributed by atoms with van der Waals surface area (Å²) in [6, 6.07) is 10.5. The normalized spacial score (nSPS) is 10.9. The summed E-state index contributed by atoms with van der Waals surface area (Å²) in [6.07, 6.45) is 4.50. The van der Waals surface area contributed by atoms with Gasteiger partial charge < -0.3 is 9.47 Å². The predicted molar refractivity (Wildman–Crippen MR) is 97.6 cm³/mol. The number of ether oxygens (including phenoxy) is 2. The van der Waals surface area contributed by atoms with E-state index in [-0.39, 0.29) is 0 Å². The Morgan fingerprint density at radius 1 is 0.864 bits per heavy atom. The molecule has 22 heavy (non-hydrogen) atoms. The molecule has 0 bridgehead atoms. The number of benzene rings is 2. The molecule has 2 aromatic carbocycles. The van der Waals surface area contributed by atoms with Crippen LogP contribution in [0.2, 0.25) is 0 Å². The van der Waals surface area contributed by atoms with Gasteiger partial charge in [0.05, 0.1) is 13.2 Å². The van der Waals surface area contributed by atoms with E-state index in [1.54, 1.807) is 0 Å². The first-order chi connectivity index (χ1) is 10.8. The number of hydrogen-bond donors (Lipinski definition) is 0. The molecule has 0 N–H and O–H groups in total. The summed E-state index contributed by atoms with van der Waals surface area (Å²) in [4.78, 5) is 0. The van der Waals surface area contributed by atoms with Gasteiger partial charge >= 0.3 is 0 Å². The van der Waals surface area contributed by atoms with Crippen LogP contribution in [0.1, 0.15) is 38.2 Å². The molecule has 0 radical (unpaired) electrons. The molecule has 0 aliphatic heterocycles. The molecule has 0 aromatic heterocycles. The van der Waals surface area contributed by atoms with Crippen molar-refractivity contribution in [1.82, 2.24) is 0 Å². The smallest absolute Gasteiger partial charge is 0.127 e. The number of alkyl halides is 1. The minimum atomic E-state index is 0.746. The molecule has 2 aromatic rings. The summed E-state index contributed by atoms with van der Waals surface area (Å²) in [7, 11) is 0. The number of halogens is 1. The average Bonchev–Trinajstić information content (AvgIpc) is 2.53.